The zero-order chi connectivity index (χ0) is 11.7. The summed E-state index contributed by atoms with van der Waals surface area (Å²) in [6, 6.07) is 7.71. The zero-order valence-corrected chi connectivity index (χ0v) is 11.0. The van der Waals surface area contributed by atoms with Gasteiger partial charge < -0.3 is 5.73 Å². The van der Waals surface area contributed by atoms with Gasteiger partial charge in [0.05, 0.1) is 16.7 Å². The second kappa shape index (κ2) is 4.47. The Hall–Kier alpha value is -1.00. The number of hydrogen-bond acceptors (Lipinski definition) is 2. The normalized spacial score (nSPS) is 12.7. The fraction of sp³-hybridized carbons (Fsp3) is 0.182. The molecular formula is C11H11BrClN3. The highest BCUT2D eigenvalue weighted by molar-refractivity contribution is 9.10. The Morgan fingerprint density at radius 2 is 2.12 bits per heavy atom. The number of halogens is 2. The molecule has 0 aliphatic carbocycles. The first-order chi connectivity index (χ1) is 7.61. The summed E-state index contributed by atoms with van der Waals surface area (Å²) in [6.07, 6.45) is 1.68. The van der Waals surface area contributed by atoms with Crippen LogP contribution in [0.4, 0.5) is 5.82 Å². The van der Waals surface area contributed by atoms with Crippen molar-refractivity contribution >= 4 is 33.3 Å². The van der Waals surface area contributed by atoms with Gasteiger partial charge in [-0.1, -0.05) is 29.8 Å². The SMILES string of the molecule is CC(c1ccccc1Cl)n1ncc(Br)c1N. The van der Waals surface area contributed by atoms with Crippen LogP contribution < -0.4 is 5.73 Å². The number of nitrogens with two attached hydrogens (primary N) is 1. The summed E-state index contributed by atoms with van der Waals surface area (Å²) in [5.74, 6) is 0.604. The number of nitrogens with zero attached hydrogens (tertiary/aromatic N) is 2. The van der Waals surface area contributed by atoms with Crippen LogP contribution >= 0.6 is 27.5 Å². The Labute approximate surface area is 107 Å². The summed E-state index contributed by atoms with van der Waals surface area (Å²) < 4.78 is 2.54. The van der Waals surface area contributed by atoms with Crippen LogP contribution in [-0.4, -0.2) is 9.78 Å². The fourth-order valence-corrected chi connectivity index (χ4v) is 2.17. The molecule has 1 heterocycles. The maximum absolute atomic E-state index is 6.13. The van der Waals surface area contributed by atoms with Gasteiger partial charge in [-0.15, -0.1) is 0 Å². The van der Waals surface area contributed by atoms with Crippen LogP contribution in [0.1, 0.15) is 18.5 Å². The van der Waals surface area contributed by atoms with Gasteiger partial charge >= 0.3 is 0 Å². The molecule has 0 radical (unpaired) electrons. The molecule has 0 aliphatic rings. The average molecular weight is 301 g/mol. The number of hydrogen-bond donors (Lipinski definition) is 1. The van der Waals surface area contributed by atoms with Gasteiger partial charge in [-0.3, -0.25) is 0 Å². The molecule has 1 atom stereocenters. The van der Waals surface area contributed by atoms with Crippen LogP contribution in [-0.2, 0) is 0 Å². The zero-order valence-electron chi connectivity index (χ0n) is 8.69. The molecule has 2 rings (SSSR count). The minimum atomic E-state index is 0.0139. The van der Waals surface area contributed by atoms with E-state index < -0.39 is 0 Å². The molecule has 0 saturated carbocycles. The first-order valence-electron chi connectivity index (χ1n) is 4.84. The summed E-state index contributed by atoms with van der Waals surface area (Å²) in [5.41, 5.74) is 6.91. The van der Waals surface area contributed by atoms with Gasteiger partial charge in [0.25, 0.3) is 0 Å². The lowest BCUT2D eigenvalue weighted by atomic mass is 10.1. The quantitative estimate of drug-likeness (QED) is 0.922. The number of nitrogen functional groups attached to an aromatic ring is 1. The van der Waals surface area contributed by atoms with Gasteiger partial charge in [0, 0.05) is 5.02 Å². The summed E-state index contributed by atoms with van der Waals surface area (Å²) >= 11 is 9.47. The van der Waals surface area contributed by atoms with Crippen LogP contribution in [0.2, 0.25) is 5.02 Å². The van der Waals surface area contributed by atoms with Crippen LogP contribution in [0.15, 0.2) is 34.9 Å². The molecule has 0 fully saturated rings. The minimum absolute atomic E-state index is 0.0139. The molecule has 0 amide bonds. The molecule has 2 N–H and O–H groups in total. The lowest BCUT2D eigenvalue weighted by Gasteiger charge is -2.15. The molecule has 5 heteroatoms. The van der Waals surface area contributed by atoms with Crippen molar-refractivity contribution in [3.8, 4) is 0 Å². The van der Waals surface area contributed by atoms with Crippen molar-refractivity contribution in [3.05, 3.63) is 45.5 Å². The van der Waals surface area contributed by atoms with E-state index in [2.05, 4.69) is 21.0 Å². The first kappa shape index (κ1) is 11.5. The molecule has 1 aromatic heterocycles. The molecular weight excluding hydrogens is 289 g/mol. The molecule has 1 unspecified atom stereocenters. The second-order valence-electron chi connectivity index (χ2n) is 3.52. The monoisotopic (exact) mass is 299 g/mol. The van der Waals surface area contributed by atoms with Crippen molar-refractivity contribution in [1.82, 2.24) is 9.78 Å². The molecule has 0 saturated heterocycles. The number of aromatic nitrogens is 2. The third kappa shape index (κ3) is 1.95. The Morgan fingerprint density at radius 3 is 2.69 bits per heavy atom. The van der Waals surface area contributed by atoms with E-state index in [4.69, 9.17) is 17.3 Å². The second-order valence-corrected chi connectivity index (χ2v) is 4.78. The van der Waals surface area contributed by atoms with Crippen molar-refractivity contribution < 1.29 is 0 Å². The Balaban J connectivity index is 2.43. The van der Waals surface area contributed by atoms with Gasteiger partial charge in [-0.05, 0) is 34.5 Å². The van der Waals surface area contributed by atoms with E-state index >= 15 is 0 Å². The van der Waals surface area contributed by atoms with Crippen LogP contribution in [0, 0.1) is 0 Å². The third-order valence-corrected chi connectivity index (χ3v) is 3.46. The third-order valence-electron chi connectivity index (χ3n) is 2.51. The maximum Gasteiger partial charge on any atom is 0.136 e. The van der Waals surface area contributed by atoms with Crippen molar-refractivity contribution in [2.45, 2.75) is 13.0 Å². The van der Waals surface area contributed by atoms with Crippen LogP contribution in [0.3, 0.4) is 0 Å². The predicted octanol–water partition coefficient (Wildman–Crippen LogP) is 3.49. The van der Waals surface area contributed by atoms with Gasteiger partial charge in [-0.25, -0.2) is 4.68 Å². The highest BCUT2D eigenvalue weighted by Crippen LogP contribution is 2.29. The molecule has 0 spiro atoms. The topological polar surface area (TPSA) is 43.8 Å². The lowest BCUT2D eigenvalue weighted by Crippen LogP contribution is -2.11. The summed E-state index contributed by atoms with van der Waals surface area (Å²) in [7, 11) is 0. The molecule has 1 aromatic carbocycles. The van der Waals surface area contributed by atoms with Crippen LogP contribution in [0.25, 0.3) is 0 Å². The first-order valence-corrected chi connectivity index (χ1v) is 6.01. The Morgan fingerprint density at radius 1 is 1.44 bits per heavy atom. The van der Waals surface area contributed by atoms with Gasteiger partial charge in [-0.2, -0.15) is 5.10 Å². The van der Waals surface area contributed by atoms with E-state index in [1.807, 2.05) is 31.2 Å². The minimum Gasteiger partial charge on any atom is -0.383 e. The van der Waals surface area contributed by atoms with Crippen LogP contribution in [0.5, 0.6) is 0 Å². The van der Waals surface area contributed by atoms with E-state index in [9.17, 15) is 0 Å². The summed E-state index contributed by atoms with van der Waals surface area (Å²) in [5, 5.41) is 4.94. The van der Waals surface area contributed by atoms with Crippen molar-refractivity contribution in [2.24, 2.45) is 0 Å². The molecule has 84 valence electrons. The van der Waals surface area contributed by atoms with Gasteiger partial charge in [0.2, 0.25) is 0 Å². The number of anilines is 1. The standard InChI is InChI=1S/C11H11BrClN3/c1-7(8-4-2-3-5-10(8)13)16-11(14)9(12)6-15-16/h2-7H,14H2,1H3. The Bertz CT molecular complexity index is 510. The molecule has 2 aromatic rings. The maximum atomic E-state index is 6.13. The van der Waals surface area contributed by atoms with E-state index in [1.165, 1.54) is 0 Å². The molecule has 0 aliphatic heterocycles. The number of rotatable bonds is 2. The van der Waals surface area contributed by atoms with Crippen molar-refractivity contribution in [1.29, 1.82) is 0 Å². The van der Waals surface area contributed by atoms with E-state index in [-0.39, 0.29) is 6.04 Å². The Kier molecular flexibility index (Phi) is 3.21. The largest absolute Gasteiger partial charge is 0.383 e. The fourth-order valence-electron chi connectivity index (χ4n) is 1.60. The van der Waals surface area contributed by atoms with Crippen molar-refractivity contribution in [3.63, 3.8) is 0 Å². The number of benzene rings is 1. The average Bonchev–Trinajstić information content (AvgIpc) is 2.60. The smallest absolute Gasteiger partial charge is 0.136 e. The molecule has 0 bridgehead atoms. The molecule has 16 heavy (non-hydrogen) atoms. The van der Waals surface area contributed by atoms with E-state index in [0.717, 1.165) is 15.1 Å². The van der Waals surface area contributed by atoms with E-state index in [0.29, 0.717) is 5.82 Å². The highest BCUT2D eigenvalue weighted by Gasteiger charge is 2.15. The highest BCUT2D eigenvalue weighted by atomic mass is 79.9. The molecule has 3 nitrogen and oxygen atoms in total. The van der Waals surface area contributed by atoms with Crippen molar-refractivity contribution in [2.75, 3.05) is 5.73 Å². The van der Waals surface area contributed by atoms with Gasteiger partial charge in [0.15, 0.2) is 0 Å². The van der Waals surface area contributed by atoms with E-state index in [1.54, 1.807) is 10.9 Å². The summed E-state index contributed by atoms with van der Waals surface area (Å²) in [4.78, 5) is 0. The predicted molar refractivity (Wildman–Crippen MR) is 69.6 cm³/mol. The summed E-state index contributed by atoms with van der Waals surface area (Å²) in [6.45, 7) is 2.01. The lowest BCUT2D eigenvalue weighted by molar-refractivity contribution is 0.573. The van der Waals surface area contributed by atoms with Gasteiger partial charge in [0.1, 0.15) is 5.82 Å².